The number of methoxy groups -OCH3 is 2. The van der Waals surface area contributed by atoms with Crippen molar-refractivity contribution >= 4 is 50.5 Å². The molecular weight excluding hydrogens is 400 g/mol. The summed E-state index contributed by atoms with van der Waals surface area (Å²) >= 11 is 7.69. The number of halogens is 1. The highest BCUT2D eigenvalue weighted by Crippen LogP contribution is 2.37. The van der Waals surface area contributed by atoms with Crippen LogP contribution in [0.3, 0.4) is 0 Å². The van der Waals surface area contributed by atoms with E-state index in [1.165, 1.54) is 11.3 Å². The lowest BCUT2D eigenvalue weighted by Crippen LogP contribution is -2.26. The average Bonchev–Trinajstić information content (AvgIpc) is 3.04. The smallest absolute Gasteiger partial charge is 0.267 e. The Hall–Kier alpha value is -2.61. The van der Waals surface area contributed by atoms with Crippen molar-refractivity contribution < 1.29 is 19.1 Å². The predicted molar refractivity (Wildman–Crippen MR) is 112 cm³/mol. The van der Waals surface area contributed by atoms with Crippen molar-refractivity contribution in [3.63, 3.8) is 0 Å². The van der Waals surface area contributed by atoms with E-state index in [1.807, 2.05) is 12.1 Å². The molecule has 1 aromatic heterocycles. The second kappa shape index (κ2) is 9.05. The molecule has 28 heavy (non-hydrogen) atoms. The highest BCUT2D eigenvalue weighted by Gasteiger charge is 2.18. The van der Waals surface area contributed by atoms with Gasteiger partial charge in [0.1, 0.15) is 10.6 Å². The molecule has 2 N–H and O–H groups in total. The van der Waals surface area contributed by atoms with Crippen LogP contribution in [0.4, 0.5) is 5.69 Å². The minimum atomic E-state index is -0.303. The largest absolute Gasteiger partial charge is 0.497 e. The molecule has 0 saturated carbocycles. The summed E-state index contributed by atoms with van der Waals surface area (Å²) in [6.07, 6.45) is 0. The number of fused-ring (bicyclic) bond motifs is 1. The second-order valence-electron chi connectivity index (χ2n) is 5.89. The summed E-state index contributed by atoms with van der Waals surface area (Å²) in [6.45, 7) is 0.880. The summed E-state index contributed by atoms with van der Waals surface area (Å²) in [5.41, 5.74) is 1.07. The molecule has 0 radical (unpaired) electrons. The Morgan fingerprint density at radius 1 is 1.07 bits per heavy atom. The van der Waals surface area contributed by atoms with Crippen LogP contribution in [0.2, 0.25) is 5.02 Å². The first-order valence-electron chi connectivity index (χ1n) is 8.48. The predicted octanol–water partition coefficient (Wildman–Crippen LogP) is 4.19. The molecular formula is C20H19ClN2O4S. The van der Waals surface area contributed by atoms with E-state index in [0.29, 0.717) is 40.1 Å². The quantitative estimate of drug-likeness (QED) is 0.564. The Bertz CT molecular complexity index is 1000. The van der Waals surface area contributed by atoms with Crippen LogP contribution in [0, 0.1) is 0 Å². The van der Waals surface area contributed by atoms with Crippen LogP contribution in [0.15, 0.2) is 42.5 Å². The third-order valence-electron chi connectivity index (χ3n) is 4.04. The van der Waals surface area contributed by atoms with Crippen molar-refractivity contribution in [2.75, 3.05) is 32.7 Å². The van der Waals surface area contributed by atoms with Gasteiger partial charge in [-0.15, -0.1) is 11.3 Å². The Morgan fingerprint density at radius 2 is 1.82 bits per heavy atom. The Labute approximate surface area is 171 Å². The number of hydrogen-bond donors (Lipinski definition) is 2. The first kappa shape index (κ1) is 20.1. The Kier molecular flexibility index (Phi) is 6.51. The molecule has 0 aliphatic heterocycles. The molecule has 2 aromatic carbocycles. The number of carbonyl (C=O) groups excluding carboxylic acids is 2. The lowest BCUT2D eigenvalue weighted by Gasteiger charge is -2.07. The van der Waals surface area contributed by atoms with E-state index in [1.54, 1.807) is 44.6 Å². The molecule has 0 spiro atoms. The summed E-state index contributed by atoms with van der Waals surface area (Å²) in [4.78, 5) is 25.1. The van der Waals surface area contributed by atoms with Gasteiger partial charge in [-0.1, -0.05) is 11.6 Å². The van der Waals surface area contributed by atoms with Crippen molar-refractivity contribution in [3.8, 4) is 5.75 Å². The Balaban J connectivity index is 1.71. The van der Waals surface area contributed by atoms with Gasteiger partial charge in [0.05, 0.1) is 18.7 Å². The van der Waals surface area contributed by atoms with Gasteiger partial charge in [-0.25, -0.2) is 0 Å². The topological polar surface area (TPSA) is 76.7 Å². The summed E-state index contributed by atoms with van der Waals surface area (Å²) in [5, 5.41) is 6.77. The zero-order valence-corrected chi connectivity index (χ0v) is 16.9. The van der Waals surface area contributed by atoms with Crippen molar-refractivity contribution in [1.29, 1.82) is 0 Å². The summed E-state index contributed by atoms with van der Waals surface area (Å²) in [5.74, 6) is 0.204. The van der Waals surface area contributed by atoms with Gasteiger partial charge in [-0.2, -0.15) is 0 Å². The van der Waals surface area contributed by atoms with Crippen molar-refractivity contribution in [2.45, 2.75) is 0 Å². The SMILES string of the molecule is COCCNC(=O)c1ccc(NC(=O)c2sc3cc(OC)ccc3c2Cl)cc1. The molecule has 0 saturated heterocycles. The first-order valence-corrected chi connectivity index (χ1v) is 9.67. The van der Waals surface area contributed by atoms with Crippen LogP contribution < -0.4 is 15.4 Å². The normalized spacial score (nSPS) is 10.7. The molecule has 3 rings (SSSR count). The molecule has 0 fully saturated rings. The lowest BCUT2D eigenvalue weighted by atomic mass is 10.2. The zero-order chi connectivity index (χ0) is 20.1. The lowest BCUT2D eigenvalue weighted by molar-refractivity contribution is 0.0936. The fraction of sp³-hybridized carbons (Fsp3) is 0.200. The standard InChI is InChI=1S/C20H19ClN2O4S/c1-26-10-9-22-19(24)12-3-5-13(6-4-12)23-20(25)18-17(21)15-8-7-14(27-2)11-16(15)28-18/h3-8,11H,9-10H2,1-2H3,(H,22,24)(H,23,25). The van der Waals surface area contributed by atoms with E-state index >= 15 is 0 Å². The number of amides is 2. The third-order valence-corrected chi connectivity index (χ3v) is 5.70. The van der Waals surface area contributed by atoms with Crippen LogP contribution in [0.1, 0.15) is 20.0 Å². The average molecular weight is 419 g/mol. The van der Waals surface area contributed by atoms with Gasteiger partial charge in [0.15, 0.2) is 0 Å². The number of anilines is 1. The fourth-order valence-electron chi connectivity index (χ4n) is 2.58. The van der Waals surface area contributed by atoms with Gasteiger partial charge < -0.3 is 20.1 Å². The van der Waals surface area contributed by atoms with E-state index < -0.39 is 0 Å². The van der Waals surface area contributed by atoms with Crippen molar-refractivity contribution in [2.24, 2.45) is 0 Å². The molecule has 0 aliphatic rings. The van der Waals surface area contributed by atoms with Gasteiger partial charge in [0.2, 0.25) is 0 Å². The molecule has 2 amide bonds. The van der Waals surface area contributed by atoms with Gasteiger partial charge in [0, 0.05) is 35.0 Å². The second-order valence-corrected chi connectivity index (χ2v) is 7.32. The number of rotatable bonds is 7. The van der Waals surface area contributed by atoms with Gasteiger partial charge in [-0.3, -0.25) is 9.59 Å². The monoisotopic (exact) mass is 418 g/mol. The molecule has 146 valence electrons. The molecule has 3 aromatic rings. The van der Waals surface area contributed by atoms with E-state index in [4.69, 9.17) is 21.1 Å². The highest BCUT2D eigenvalue weighted by molar-refractivity contribution is 7.21. The number of carbonyl (C=O) groups is 2. The van der Waals surface area contributed by atoms with Crippen LogP contribution in [0.25, 0.3) is 10.1 Å². The molecule has 8 heteroatoms. The number of hydrogen-bond acceptors (Lipinski definition) is 5. The number of thiophene rings is 1. The molecule has 0 atom stereocenters. The molecule has 0 aliphatic carbocycles. The third kappa shape index (κ3) is 4.44. The summed E-state index contributed by atoms with van der Waals surface area (Å²) in [7, 11) is 3.16. The maximum absolute atomic E-state index is 12.6. The van der Waals surface area contributed by atoms with Gasteiger partial charge in [-0.05, 0) is 42.5 Å². The van der Waals surface area contributed by atoms with Crippen LogP contribution in [-0.2, 0) is 4.74 Å². The zero-order valence-electron chi connectivity index (χ0n) is 15.4. The highest BCUT2D eigenvalue weighted by atomic mass is 35.5. The number of benzene rings is 2. The summed E-state index contributed by atoms with van der Waals surface area (Å²) in [6, 6.07) is 12.1. The number of ether oxygens (including phenoxy) is 2. The van der Waals surface area contributed by atoms with Crippen molar-refractivity contribution in [1.82, 2.24) is 5.32 Å². The van der Waals surface area contributed by atoms with Crippen LogP contribution >= 0.6 is 22.9 Å². The van der Waals surface area contributed by atoms with E-state index in [2.05, 4.69) is 10.6 Å². The first-order chi connectivity index (χ1) is 13.5. The molecule has 0 unspecified atom stereocenters. The molecule has 0 bridgehead atoms. The van der Waals surface area contributed by atoms with Gasteiger partial charge >= 0.3 is 0 Å². The maximum Gasteiger partial charge on any atom is 0.267 e. The fourth-order valence-corrected chi connectivity index (χ4v) is 4.02. The Morgan fingerprint density at radius 3 is 2.50 bits per heavy atom. The van der Waals surface area contributed by atoms with E-state index in [-0.39, 0.29) is 11.8 Å². The maximum atomic E-state index is 12.6. The molecule has 1 heterocycles. The minimum Gasteiger partial charge on any atom is -0.497 e. The van der Waals surface area contributed by atoms with Crippen LogP contribution in [-0.4, -0.2) is 39.2 Å². The molecule has 6 nitrogen and oxygen atoms in total. The van der Waals surface area contributed by atoms with E-state index in [0.717, 1.165) is 10.1 Å². The summed E-state index contributed by atoms with van der Waals surface area (Å²) < 4.78 is 11.0. The minimum absolute atomic E-state index is 0.198. The van der Waals surface area contributed by atoms with Crippen molar-refractivity contribution in [3.05, 3.63) is 57.9 Å². The van der Waals surface area contributed by atoms with Crippen LogP contribution in [0.5, 0.6) is 5.75 Å². The number of nitrogens with one attached hydrogen (secondary N) is 2. The van der Waals surface area contributed by atoms with Gasteiger partial charge in [0.25, 0.3) is 11.8 Å². The van der Waals surface area contributed by atoms with E-state index in [9.17, 15) is 9.59 Å².